The van der Waals surface area contributed by atoms with Gasteiger partial charge in [0.15, 0.2) is 5.13 Å². The highest BCUT2D eigenvalue weighted by Gasteiger charge is 2.27. The van der Waals surface area contributed by atoms with Gasteiger partial charge in [-0.1, -0.05) is 60.7 Å². The van der Waals surface area contributed by atoms with E-state index in [-0.39, 0.29) is 11.5 Å². The predicted octanol–water partition coefficient (Wildman–Crippen LogP) is 5.87. The Morgan fingerprint density at radius 1 is 1.00 bits per heavy atom. The van der Waals surface area contributed by atoms with Gasteiger partial charge in [0.1, 0.15) is 11.9 Å². The molecule has 8 heteroatoms. The minimum atomic E-state index is -0.888. The summed E-state index contributed by atoms with van der Waals surface area (Å²) in [7, 11) is 2.18. The molecule has 1 saturated heterocycles. The molecule has 1 amide bonds. The molecule has 0 aliphatic carbocycles. The molecule has 5 aromatic rings. The van der Waals surface area contributed by atoms with Crippen LogP contribution in [0.5, 0.6) is 0 Å². The lowest BCUT2D eigenvalue weighted by Crippen LogP contribution is -2.36. The summed E-state index contributed by atoms with van der Waals surface area (Å²) in [5, 5.41) is 5.61. The lowest BCUT2D eigenvalue weighted by Gasteiger charge is -2.29. The van der Waals surface area contributed by atoms with Crippen molar-refractivity contribution >= 4 is 33.3 Å². The van der Waals surface area contributed by atoms with Crippen molar-refractivity contribution in [1.82, 2.24) is 19.4 Å². The van der Waals surface area contributed by atoms with Crippen LogP contribution >= 0.6 is 11.3 Å². The maximum Gasteiger partial charge on any atom is 0.262 e. The summed E-state index contributed by atoms with van der Waals surface area (Å²) in [6.07, 6.45) is 4.01. The van der Waals surface area contributed by atoms with E-state index in [2.05, 4.69) is 46.5 Å². The quantitative estimate of drug-likeness (QED) is 0.287. The van der Waals surface area contributed by atoms with E-state index in [4.69, 9.17) is 4.98 Å². The Hall–Kier alpha value is -4.14. The number of carbonyl (C=O) groups excluding carboxylic acids is 1. The number of benzene rings is 3. The molecule has 1 fully saturated rings. The standard InChI is InChI=1S/C32H31N5O2S/c1-21-34-28-20-26(23-10-8-22(9-11-23)24-14-17-36(2)18-15-24)12-13-27(28)31(39)37(21)29(25-6-4-3-5-7-25)30(38)35-32-33-16-19-40-32/h3-13,16,19-20,24,29H,14-15,17-18H2,1-2H3,(H,33,35,38). The second-order valence-corrected chi connectivity index (χ2v) is 11.3. The molecule has 7 nitrogen and oxygen atoms in total. The van der Waals surface area contributed by atoms with E-state index >= 15 is 0 Å². The molecule has 0 bridgehead atoms. The molecule has 1 N–H and O–H groups in total. The molecule has 0 saturated carbocycles. The van der Waals surface area contributed by atoms with Gasteiger partial charge in [-0.15, -0.1) is 11.3 Å². The van der Waals surface area contributed by atoms with Gasteiger partial charge in [-0.2, -0.15) is 0 Å². The van der Waals surface area contributed by atoms with Gasteiger partial charge in [0, 0.05) is 11.6 Å². The molecule has 0 radical (unpaired) electrons. The summed E-state index contributed by atoms with van der Waals surface area (Å²) in [4.78, 5) is 38.8. The minimum absolute atomic E-state index is 0.255. The van der Waals surface area contributed by atoms with E-state index in [0.717, 1.165) is 24.2 Å². The second kappa shape index (κ2) is 11.2. The fourth-order valence-corrected chi connectivity index (χ4v) is 6.13. The molecule has 202 valence electrons. The minimum Gasteiger partial charge on any atom is -0.306 e. The lowest BCUT2D eigenvalue weighted by atomic mass is 9.88. The highest BCUT2D eigenvalue weighted by molar-refractivity contribution is 7.13. The number of piperidine rings is 1. The summed E-state index contributed by atoms with van der Waals surface area (Å²) in [5.41, 5.74) is 4.54. The molecule has 2 aromatic heterocycles. The number of aryl methyl sites for hydroxylation is 1. The van der Waals surface area contributed by atoms with Crippen molar-refractivity contribution in [2.45, 2.75) is 31.7 Å². The van der Waals surface area contributed by atoms with Crippen molar-refractivity contribution in [3.8, 4) is 11.1 Å². The summed E-state index contributed by atoms with van der Waals surface area (Å²) >= 11 is 1.33. The van der Waals surface area contributed by atoms with Gasteiger partial charge in [0.05, 0.1) is 10.9 Å². The van der Waals surface area contributed by atoms with E-state index < -0.39 is 6.04 Å². The normalized spacial score (nSPS) is 15.2. The van der Waals surface area contributed by atoms with Crippen LogP contribution in [0.15, 0.2) is 89.2 Å². The van der Waals surface area contributed by atoms with Crippen LogP contribution in [0.2, 0.25) is 0 Å². The van der Waals surface area contributed by atoms with E-state index in [1.54, 1.807) is 18.5 Å². The van der Waals surface area contributed by atoms with E-state index in [1.165, 1.54) is 34.3 Å². The number of rotatable bonds is 6. The van der Waals surface area contributed by atoms with Crippen LogP contribution in [0.4, 0.5) is 5.13 Å². The molecular formula is C32H31N5O2S. The van der Waals surface area contributed by atoms with Crippen molar-refractivity contribution in [2.24, 2.45) is 0 Å². The summed E-state index contributed by atoms with van der Waals surface area (Å²) in [6, 6.07) is 23.0. The first-order valence-electron chi connectivity index (χ1n) is 13.5. The third-order valence-electron chi connectivity index (χ3n) is 7.80. The van der Waals surface area contributed by atoms with Gasteiger partial charge in [-0.25, -0.2) is 9.97 Å². The molecule has 40 heavy (non-hydrogen) atoms. The van der Waals surface area contributed by atoms with Gasteiger partial charge in [-0.05, 0) is 80.2 Å². The van der Waals surface area contributed by atoms with E-state index in [1.807, 2.05) is 48.5 Å². The first-order chi connectivity index (χ1) is 19.5. The van der Waals surface area contributed by atoms with Gasteiger partial charge in [0.2, 0.25) is 0 Å². The number of nitrogens with zero attached hydrogens (tertiary/aromatic N) is 4. The van der Waals surface area contributed by atoms with Crippen molar-refractivity contribution in [1.29, 1.82) is 0 Å². The number of aromatic nitrogens is 3. The second-order valence-electron chi connectivity index (χ2n) is 10.4. The Balaban J connectivity index is 1.35. The molecule has 0 spiro atoms. The average Bonchev–Trinajstić information content (AvgIpc) is 3.49. The monoisotopic (exact) mass is 549 g/mol. The van der Waals surface area contributed by atoms with Crippen LogP contribution in [-0.4, -0.2) is 45.5 Å². The number of anilines is 1. The first-order valence-corrected chi connectivity index (χ1v) is 14.4. The van der Waals surface area contributed by atoms with Crippen molar-refractivity contribution in [2.75, 3.05) is 25.5 Å². The van der Waals surface area contributed by atoms with Crippen molar-refractivity contribution in [3.63, 3.8) is 0 Å². The van der Waals surface area contributed by atoms with Gasteiger partial charge in [0.25, 0.3) is 11.5 Å². The molecule has 1 aliphatic rings. The molecule has 3 aromatic carbocycles. The number of fused-ring (bicyclic) bond motifs is 1. The van der Waals surface area contributed by atoms with Gasteiger partial charge in [-0.3, -0.25) is 19.5 Å². The smallest absolute Gasteiger partial charge is 0.262 e. The number of hydrogen-bond acceptors (Lipinski definition) is 6. The Bertz CT molecular complexity index is 1690. The third-order valence-corrected chi connectivity index (χ3v) is 8.48. The zero-order valence-electron chi connectivity index (χ0n) is 22.6. The Morgan fingerprint density at radius 3 is 2.42 bits per heavy atom. The molecule has 3 heterocycles. The zero-order valence-corrected chi connectivity index (χ0v) is 23.4. The number of nitrogens with one attached hydrogen (secondary N) is 1. The van der Waals surface area contributed by atoms with Crippen LogP contribution in [0, 0.1) is 6.92 Å². The Morgan fingerprint density at radius 2 is 1.73 bits per heavy atom. The number of thiazole rings is 1. The van der Waals surface area contributed by atoms with Crippen molar-refractivity contribution in [3.05, 3.63) is 112 Å². The topological polar surface area (TPSA) is 80.1 Å². The van der Waals surface area contributed by atoms with E-state index in [9.17, 15) is 9.59 Å². The van der Waals surface area contributed by atoms with E-state index in [0.29, 0.717) is 33.3 Å². The average molecular weight is 550 g/mol. The molecule has 1 aliphatic heterocycles. The SMILES string of the molecule is Cc1nc2cc(-c3ccc(C4CCN(C)CC4)cc3)ccc2c(=O)n1C(C(=O)Nc1nccs1)c1ccccc1. The van der Waals surface area contributed by atoms with Crippen LogP contribution < -0.4 is 10.9 Å². The number of carbonyl (C=O) groups is 1. The Labute approximate surface area is 237 Å². The maximum atomic E-state index is 13.9. The highest BCUT2D eigenvalue weighted by Crippen LogP contribution is 2.30. The van der Waals surface area contributed by atoms with Crippen LogP contribution in [-0.2, 0) is 4.79 Å². The number of hydrogen-bond donors (Lipinski definition) is 1. The maximum absolute atomic E-state index is 13.9. The molecule has 1 atom stereocenters. The zero-order chi connectivity index (χ0) is 27.6. The lowest BCUT2D eigenvalue weighted by molar-refractivity contribution is -0.118. The molecule has 1 unspecified atom stereocenters. The van der Waals surface area contributed by atoms with Crippen LogP contribution in [0.25, 0.3) is 22.0 Å². The Kier molecular flexibility index (Phi) is 7.28. The van der Waals surface area contributed by atoms with Crippen molar-refractivity contribution < 1.29 is 4.79 Å². The summed E-state index contributed by atoms with van der Waals surface area (Å²) in [5.74, 6) is 0.735. The fraction of sp³-hybridized carbons (Fsp3) is 0.250. The summed E-state index contributed by atoms with van der Waals surface area (Å²) in [6.45, 7) is 4.05. The first kappa shape index (κ1) is 26.1. The molecule has 6 rings (SSSR count). The highest BCUT2D eigenvalue weighted by atomic mass is 32.1. The predicted molar refractivity (Wildman–Crippen MR) is 161 cm³/mol. The number of likely N-dealkylation sites (tertiary alicyclic amines) is 1. The number of amides is 1. The third kappa shape index (κ3) is 5.20. The van der Waals surface area contributed by atoms with Gasteiger partial charge >= 0.3 is 0 Å². The summed E-state index contributed by atoms with van der Waals surface area (Å²) < 4.78 is 1.48. The fourth-order valence-electron chi connectivity index (χ4n) is 5.60. The molecular weight excluding hydrogens is 518 g/mol. The van der Waals surface area contributed by atoms with Gasteiger partial charge < -0.3 is 4.90 Å². The largest absolute Gasteiger partial charge is 0.306 e. The van der Waals surface area contributed by atoms with Crippen LogP contribution in [0.3, 0.4) is 0 Å². The van der Waals surface area contributed by atoms with Crippen LogP contribution in [0.1, 0.15) is 41.8 Å².